The van der Waals surface area contributed by atoms with E-state index in [4.69, 9.17) is 11.5 Å². The van der Waals surface area contributed by atoms with Crippen LogP contribution in [0.4, 0.5) is 11.4 Å². The Hall–Kier alpha value is -2.71. The summed E-state index contributed by atoms with van der Waals surface area (Å²) in [5.74, 6) is -0.195. The van der Waals surface area contributed by atoms with E-state index in [1.54, 1.807) is 0 Å². The number of rotatable bonds is 4. The van der Waals surface area contributed by atoms with Gasteiger partial charge in [-0.1, -0.05) is 0 Å². The molecular formula is C8H9N5O4. The van der Waals surface area contributed by atoms with Crippen molar-refractivity contribution < 1.29 is 9.85 Å². The Labute approximate surface area is 95.0 Å². The summed E-state index contributed by atoms with van der Waals surface area (Å²) in [5.41, 5.74) is 9.73. The topological polar surface area (TPSA) is 151 Å². The van der Waals surface area contributed by atoms with Gasteiger partial charge in [-0.05, 0) is 5.56 Å². The summed E-state index contributed by atoms with van der Waals surface area (Å²) >= 11 is 0. The molecule has 0 atom stereocenters. The van der Waals surface area contributed by atoms with Gasteiger partial charge >= 0.3 is 0 Å². The lowest BCUT2D eigenvalue weighted by molar-refractivity contribution is -0.394. The molecule has 90 valence electrons. The molecule has 0 heterocycles. The molecule has 0 aliphatic heterocycles. The number of nitrogens with zero attached hydrogens (tertiary/aromatic N) is 3. The molecule has 0 radical (unpaired) electrons. The predicted molar refractivity (Wildman–Crippen MR) is 59.3 cm³/mol. The number of nitro groups is 2. The van der Waals surface area contributed by atoms with Crippen LogP contribution in [0.25, 0.3) is 0 Å². The minimum atomic E-state index is -0.716. The molecule has 0 saturated heterocycles. The average molecular weight is 239 g/mol. The summed E-state index contributed by atoms with van der Waals surface area (Å²) in [6.45, 7) is -0.0507. The Morgan fingerprint density at radius 2 is 1.59 bits per heavy atom. The van der Waals surface area contributed by atoms with Gasteiger partial charge in [0.05, 0.1) is 22.5 Å². The maximum Gasteiger partial charge on any atom is 0.276 e. The molecule has 9 nitrogen and oxygen atoms in total. The summed E-state index contributed by atoms with van der Waals surface area (Å²) in [6.07, 6.45) is 0. The third kappa shape index (κ3) is 3.41. The lowest BCUT2D eigenvalue weighted by Gasteiger charge is -1.99. The van der Waals surface area contributed by atoms with Crippen LogP contribution in [0.5, 0.6) is 0 Å². The van der Waals surface area contributed by atoms with Crippen molar-refractivity contribution in [2.45, 2.75) is 6.54 Å². The average Bonchev–Trinajstić information content (AvgIpc) is 2.25. The summed E-state index contributed by atoms with van der Waals surface area (Å²) in [7, 11) is 0. The van der Waals surface area contributed by atoms with Crippen LogP contribution in [-0.4, -0.2) is 15.8 Å². The quantitative estimate of drug-likeness (QED) is 0.333. The van der Waals surface area contributed by atoms with Crippen molar-refractivity contribution in [1.82, 2.24) is 0 Å². The first-order valence-corrected chi connectivity index (χ1v) is 4.38. The minimum Gasteiger partial charge on any atom is -0.370 e. The highest BCUT2D eigenvalue weighted by Gasteiger charge is 2.15. The molecule has 1 rings (SSSR count). The largest absolute Gasteiger partial charge is 0.370 e. The van der Waals surface area contributed by atoms with Crippen LogP contribution in [0.3, 0.4) is 0 Å². The number of non-ortho nitro benzene ring substituents is 2. The van der Waals surface area contributed by atoms with E-state index in [0.717, 1.165) is 6.07 Å². The molecule has 9 heteroatoms. The van der Waals surface area contributed by atoms with Gasteiger partial charge in [0.1, 0.15) is 0 Å². The highest BCUT2D eigenvalue weighted by Crippen LogP contribution is 2.22. The lowest BCUT2D eigenvalue weighted by Crippen LogP contribution is -2.22. The van der Waals surface area contributed by atoms with Crippen LogP contribution in [0, 0.1) is 20.2 Å². The maximum atomic E-state index is 10.6. The molecular weight excluding hydrogens is 230 g/mol. The van der Waals surface area contributed by atoms with Crippen molar-refractivity contribution in [3.05, 3.63) is 44.0 Å². The van der Waals surface area contributed by atoms with E-state index in [-0.39, 0.29) is 23.9 Å². The van der Waals surface area contributed by atoms with Gasteiger partial charge in [0.2, 0.25) is 0 Å². The first-order valence-electron chi connectivity index (χ1n) is 4.38. The summed E-state index contributed by atoms with van der Waals surface area (Å²) < 4.78 is 0. The molecule has 0 bridgehead atoms. The predicted octanol–water partition coefficient (Wildman–Crippen LogP) is 0.276. The second-order valence-electron chi connectivity index (χ2n) is 3.11. The maximum absolute atomic E-state index is 10.6. The Morgan fingerprint density at radius 1 is 1.12 bits per heavy atom. The molecule has 0 aliphatic rings. The molecule has 0 amide bonds. The van der Waals surface area contributed by atoms with Crippen LogP contribution in [0.2, 0.25) is 0 Å². The van der Waals surface area contributed by atoms with E-state index in [1.165, 1.54) is 12.1 Å². The fourth-order valence-electron chi connectivity index (χ4n) is 1.14. The van der Waals surface area contributed by atoms with Crippen molar-refractivity contribution in [2.24, 2.45) is 16.5 Å². The Balaban J connectivity index is 3.17. The number of hydrogen-bond donors (Lipinski definition) is 2. The van der Waals surface area contributed by atoms with Crippen LogP contribution in [0.15, 0.2) is 23.2 Å². The molecule has 4 N–H and O–H groups in total. The standard InChI is InChI=1S/C8H9N5O4/c9-8(10)11-4-5-1-6(12(14)15)3-7(2-5)13(16)17/h1-3H,4H2,(H4,9,10,11). The zero-order chi connectivity index (χ0) is 13.0. The molecule has 0 aromatic heterocycles. The SMILES string of the molecule is NC(N)=NCc1cc([N+](=O)[O-])cc([N+](=O)[O-])c1. The fourth-order valence-corrected chi connectivity index (χ4v) is 1.14. The molecule has 0 spiro atoms. The Morgan fingerprint density at radius 3 is 1.94 bits per heavy atom. The summed E-state index contributed by atoms with van der Waals surface area (Å²) in [5, 5.41) is 21.1. The van der Waals surface area contributed by atoms with Crippen molar-refractivity contribution >= 4 is 17.3 Å². The highest BCUT2D eigenvalue weighted by atomic mass is 16.6. The van der Waals surface area contributed by atoms with Gasteiger partial charge in [-0.2, -0.15) is 0 Å². The molecule has 1 aromatic rings. The smallest absolute Gasteiger partial charge is 0.276 e. The Bertz CT molecular complexity index is 462. The molecule has 1 aromatic carbocycles. The molecule has 0 fully saturated rings. The number of aliphatic imine (C=N–C) groups is 1. The van der Waals surface area contributed by atoms with E-state index in [0.29, 0.717) is 5.56 Å². The van der Waals surface area contributed by atoms with E-state index in [2.05, 4.69) is 4.99 Å². The number of guanidine groups is 1. The van der Waals surface area contributed by atoms with E-state index in [1.807, 2.05) is 0 Å². The van der Waals surface area contributed by atoms with Crippen molar-refractivity contribution in [3.8, 4) is 0 Å². The van der Waals surface area contributed by atoms with Crippen molar-refractivity contribution in [1.29, 1.82) is 0 Å². The molecule has 0 unspecified atom stereocenters. The first-order chi connectivity index (χ1) is 7.90. The second-order valence-corrected chi connectivity index (χ2v) is 3.11. The van der Waals surface area contributed by atoms with Gasteiger partial charge in [-0.15, -0.1) is 0 Å². The van der Waals surface area contributed by atoms with E-state index >= 15 is 0 Å². The van der Waals surface area contributed by atoms with Crippen LogP contribution >= 0.6 is 0 Å². The van der Waals surface area contributed by atoms with Gasteiger partial charge in [0.25, 0.3) is 11.4 Å². The van der Waals surface area contributed by atoms with E-state index in [9.17, 15) is 20.2 Å². The number of benzene rings is 1. The molecule has 17 heavy (non-hydrogen) atoms. The van der Waals surface area contributed by atoms with Gasteiger partial charge in [0.15, 0.2) is 5.96 Å². The molecule has 0 aliphatic carbocycles. The number of nitrogens with two attached hydrogens (primary N) is 2. The fraction of sp³-hybridized carbons (Fsp3) is 0.125. The normalized spacial score (nSPS) is 9.65. The Kier molecular flexibility index (Phi) is 3.55. The third-order valence-electron chi connectivity index (χ3n) is 1.83. The third-order valence-corrected chi connectivity index (χ3v) is 1.83. The van der Waals surface area contributed by atoms with E-state index < -0.39 is 9.85 Å². The van der Waals surface area contributed by atoms with Crippen LogP contribution in [-0.2, 0) is 6.54 Å². The van der Waals surface area contributed by atoms with Gasteiger partial charge in [0, 0.05) is 12.1 Å². The number of nitro benzene ring substituents is 2. The zero-order valence-corrected chi connectivity index (χ0v) is 8.57. The monoisotopic (exact) mass is 239 g/mol. The zero-order valence-electron chi connectivity index (χ0n) is 8.57. The summed E-state index contributed by atoms with van der Waals surface area (Å²) in [4.78, 5) is 23.3. The molecule has 0 saturated carbocycles. The van der Waals surface area contributed by atoms with Gasteiger partial charge in [-0.25, -0.2) is 4.99 Å². The summed E-state index contributed by atoms with van der Waals surface area (Å²) in [6, 6.07) is 3.23. The number of hydrogen-bond acceptors (Lipinski definition) is 5. The van der Waals surface area contributed by atoms with Crippen molar-refractivity contribution in [3.63, 3.8) is 0 Å². The minimum absolute atomic E-state index is 0.0507. The van der Waals surface area contributed by atoms with Crippen molar-refractivity contribution in [2.75, 3.05) is 0 Å². The highest BCUT2D eigenvalue weighted by molar-refractivity contribution is 5.75. The second kappa shape index (κ2) is 4.88. The first kappa shape index (κ1) is 12.4. The van der Waals surface area contributed by atoms with Gasteiger partial charge in [-0.3, -0.25) is 20.2 Å². The van der Waals surface area contributed by atoms with Gasteiger partial charge < -0.3 is 11.5 Å². The lowest BCUT2D eigenvalue weighted by atomic mass is 10.2. The van der Waals surface area contributed by atoms with Crippen LogP contribution in [0.1, 0.15) is 5.56 Å². The van der Waals surface area contributed by atoms with Crippen LogP contribution < -0.4 is 11.5 Å².